The minimum Gasteiger partial charge on any atom is -0.264 e. The van der Waals surface area contributed by atoms with Crippen LogP contribution in [0.2, 0.25) is 0 Å². The summed E-state index contributed by atoms with van der Waals surface area (Å²) in [5.74, 6) is 0. The van der Waals surface area contributed by atoms with E-state index in [1.807, 2.05) is 22.3 Å². The molecule has 2 aliphatic rings. The van der Waals surface area contributed by atoms with Crippen molar-refractivity contribution in [1.82, 2.24) is 10.0 Å². The zero-order valence-corrected chi connectivity index (χ0v) is 4.81. The van der Waals surface area contributed by atoms with Crippen molar-refractivity contribution < 1.29 is 0 Å². The lowest BCUT2D eigenvalue weighted by Gasteiger charge is -2.23. The molecule has 0 saturated carbocycles. The molecule has 0 aliphatic carbocycles. The Hall–Kier alpha value is -1.32. The van der Waals surface area contributed by atoms with E-state index in [2.05, 4.69) is 10.2 Å². The first-order valence-corrected chi connectivity index (χ1v) is 2.75. The molecule has 4 nitrogen and oxygen atoms in total. The lowest BCUT2D eigenvalue weighted by Crippen LogP contribution is -2.34. The number of fused-ring (bicyclic) bond motifs is 1. The van der Waals surface area contributed by atoms with E-state index in [-0.39, 0.29) is 0 Å². The molecule has 2 heterocycles. The zero-order chi connectivity index (χ0) is 6.10. The smallest absolute Gasteiger partial charge is 0.137 e. The summed E-state index contributed by atoms with van der Waals surface area (Å²) in [5.41, 5.74) is 0. The van der Waals surface area contributed by atoms with E-state index in [9.17, 15) is 0 Å². The van der Waals surface area contributed by atoms with Crippen molar-refractivity contribution in [3.8, 4) is 0 Å². The van der Waals surface area contributed by atoms with Gasteiger partial charge in [0.1, 0.15) is 12.7 Å². The molecule has 9 heavy (non-hydrogen) atoms. The Morgan fingerprint density at radius 2 is 2.11 bits per heavy atom. The Balaban J connectivity index is 2.25. The third-order valence-corrected chi connectivity index (χ3v) is 1.27. The maximum Gasteiger partial charge on any atom is 0.137 e. The summed E-state index contributed by atoms with van der Waals surface area (Å²) in [4.78, 5) is 0. The van der Waals surface area contributed by atoms with Crippen molar-refractivity contribution in [1.29, 1.82) is 0 Å². The van der Waals surface area contributed by atoms with E-state index < -0.39 is 0 Å². The second-order valence-electron chi connectivity index (χ2n) is 1.85. The third kappa shape index (κ3) is 0.595. The van der Waals surface area contributed by atoms with Gasteiger partial charge in [-0.15, -0.1) is 10.2 Å². The first kappa shape index (κ1) is 4.55. The lowest BCUT2D eigenvalue weighted by atomic mass is 10.6. The highest BCUT2D eigenvalue weighted by atomic mass is 15.7. The molecule has 0 bridgehead atoms. The van der Waals surface area contributed by atoms with Crippen LogP contribution in [-0.4, -0.2) is 29.2 Å². The fourth-order valence-electron chi connectivity index (χ4n) is 0.827. The van der Waals surface area contributed by atoms with Gasteiger partial charge in [0.05, 0.1) is 6.54 Å². The van der Waals surface area contributed by atoms with Crippen LogP contribution in [0.1, 0.15) is 0 Å². The van der Waals surface area contributed by atoms with Crippen LogP contribution < -0.4 is 0 Å². The highest BCUT2D eigenvalue weighted by Crippen LogP contribution is 2.04. The fraction of sp³-hybridized carbons (Fsp3) is 0.200. The Morgan fingerprint density at radius 1 is 1.22 bits per heavy atom. The van der Waals surface area contributed by atoms with Crippen molar-refractivity contribution in [2.75, 3.05) is 6.54 Å². The third-order valence-electron chi connectivity index (χ3n) is 1.27. The fourth-order valence-corrected chi connectivity index (χ4v) is 0.827. The van der Waals surface area contributed by atoms with Crippen molar-refractivity contribution in [3.05, 3.63) is 12.3 Å². The molecule has 2 aliphatic heterocycles. The Kier molecular flexibility index (Phi) is 0.798. The van der Waals surface area contributed by atoms with Crippen LogP contribution in [0.25, 0.3) is 0 Å². The van der Waals surface area contributed by atoms with Gasteiger partial charge < -0.3 is 0 Å². The molecule has 0 radical (unpaired) electrons. The highest BCUT2D eigenvalue weighted by Gasteiger charge is 2.11. The Morgan fingerprint density at radius 3 is 3.00 bits per heavy atom. The van der Waals surface area contributed by atoms with E-state index in [1.54, 1.807) is 12.7 Å². The van der Waals surface area contributed by atoms with Gasteiger partial charge in [-0.3, -0.25) is 5.01 Å². The summed E-state index contributed by atoms with van der Waals surface area (Å²) >= 11 is 0. The van der Waals surface area contributed by atoms with Gasteiger partial charge in [0.2, 0.25) is 0 Å². The number of nitrogens with zero attached hydrogens (tertiary/aromatic N) is 4. The summed E-state index contributed by atoms with van der Waals surface area (Å²) in [6.07, 6.45) is 7.36. The molecule has 4 heteroatoms. The molecule has 0 saturated heterocycles. The minimum atomic E-state index is 0.898. The lowest BCUT2D eigenvalue weighted by molar-refractivity contribution is 0.248. The molecule has 0 atom stereocenters. The van der Waals surface area contributed by atoms with Crippen LogP contribution in [-0.2, 0) is 0 Å². The molecule has 0 amide bonds. The first-order chi connectivity index (χ1) is 4.47. The summed E-state index contributed by atoms with van der Waals surface area (Å²) < 4.78 is 0. The van der Waals surface area contributed by atoms with E-state index in [0.29, 0.717) is 0 Å². The molecule has 0 aromatic rings. The summed E-state index contributed by atoms with van der Waals surface area (Å²) in [6, 6.07) is 0. The predicted octanol–water partition coefficient (Wildman–Crippen LogP) is 0.0179. The molecule has 2 rings (SSSR count). The predicted molar refractivity (Wildman–Crippen MR) is 34.7 cm³/mol. The highest BCUT2D eigenvalue weighted by molar-refractivity contribution is 5.67. The molecule has 46 valence electrons. The first-order valence-electron chi connectivity index (χ1n) is 2.75. The molecule has 0 unspecified atom stereocenters. The van der Waals surface area contributed by atoms with Crippen molar-refractivity contribution in [2.24, 2.45) is 10.2 Å². The summed E-state index contributed by atoms with van der Waals surface area (Å²) in [5, 5.41) is 11.2. The van der Waals surface area contributed by atoms with Crippen LogP contribution in [0.5, 0.6) is 0 Å². The largest absolute Gasteiger partial charge is 0.264 e. The van der Waals surface area contributed by atoms with Gasteiger partial charge in [-0.1, -0.05) is 0 Å². The SMILES string of the molecule is C1=CN2C=NN=CN2C1. The van der Waals surface area contributed by atoms with Gasteiger partial charge in [-0.05, 0) is 6.08 Å². The summed E-state index contributed by atoms with van der Waals surface area (Å²) in [6.45, 7) is 0.898. The average Bonchev–Trinajstić information content (AvgIpc) is 2.33. The normalized spacial score (nSPS) is 21.3. The minimum absolute atomic E-state index is 0.898. The second-order valence-corrected chi connectivity index (χ2v) is 1.85. The molecular formula is C5H6N4. The van der Waals surface area contributed by atoms with Crippen LogP contribution in [0.4, 0.5) is 0 Å². The standard InChI is InChI=1S/C5H6N4/c1-2-8-4-6-7-5-9(8)3-1/h1-2,4-5H,3H2. The zero-order valence-electron chi connectivity index (χ0n) is 4.81. The summed E-state index contributed by atoms with van der Waals surface area (Å²) in [7, 11) is 0. The molecule has 0 aromatic heterocycles. The van der Waals surface area contributed by atoms with Crippen LogP contribution in [0.3, 0.4) is 0 Å². The monoisotopic (exact) mass is 122 g/mol. The maximum absolute atomic E-state index is 3.71. The maximum atomic E-state index is 3.71. The average molecular weight is 122 g/mol. The molecule has 0 aromatic carbocycles. The van der Waals surface area contributed by atoms with E-state index in [1.165, 1.54) is 0 Å². The Bertz CT molecular complexity index is 193. The van der Waals surface area contributed by atoms with Gasteiger partial charge >= 0.3 is 0 Å². The van der Waals surface area contributed by atoms with E-state index >= 15 is 0 Å². The van der Waals surface area contributed by atoms with Gasteiger partial charge in [-0.2, -0.15) is 0 Å². The molecule has 0 spiro atoms. The van der Waals surface area contributed by atoms with E-state index in [0.717, 1.165) is 6.54 Å². The van der Waals surface area contributed by atoms with Gasteiger partial charge in [0.15, 0.2) is 0 Å². The van der Waals surface area contributed by atoms with Crippen LogP contribution >= 0.6 is 0 Å². The van der Waals surface area contributed by atoms with Crippen molar-refractivity contribution in [3.63, 3.8) is 0 Å². The molecular weight excluding hydrogens is 116 g/mol. The number of hydrogen-bond donors (Lipinski definition) is 0. The van der Waals surface area contributed by atoms with Crippen molar-refractivity contribution in [2.45, 2.75) is 0 Å². The van der Waals surface area contributed by atoms with Crippen molar-refractivity contribution >= 4 is 12.7 Å². The molecule has 0 fully saturated rings. The van der Waals surface area contributed by atoms with Gasteiger partial charge in [0, 0.05) is 6.20 Å². The second kappa shape index (κ2) is 1.58. The molecule has 0 N–H and O–H groups in total. The number of hydrazine groups is 1. The van der Waals surface area contributed by atoms with Crippen LogP contribution in [0.15, 0.2) is 22.5 Å². The topological polar surface area (TPSA) is 31.2 Å². The Labute approximate surface area is 52.7 Å². The van der Waals surface area contributed by atoms with Crippen LogP contribution in [0, 0.1) is 0 Å². The quantitative estimate of drug-likeness (QED) is 0.453. The number of hydrogen-bond acceptors (Lipinski definition) is 4. The van der Waals surface area contributed by atoms with Gasteiger partial charge in [-0.25, -0.2) is 5.01 Å². The van der Waals surface area contributed by atoms with E-state index in [4.69, 9.17) is 0 Å². The van der Waals surface area contributed by atoms with Gasteiger partial charge in [0.25, 0.3) is 0 Å². The number of rotatable bonds is 0.